The molecule has 6 nitrogen and oxygen atoms in total. The molecule has 0 aromatic heterocycles. The van der Waals surface area contributed by atoms with Gasteiger partial charge in [0.1, 0.15) is 0 Å². The minimum absolute atomic E-state index is 0.0494. The number of aliphatic carboxylic acids is 1. The molecule has 2 aliphatic heterocycles. The fourth-order valence-electron chi connectivity index (χ4n) is 2.85. The molecule has 0 bridgehead atoms. The van der Waals surface area contributed by atoms with E-state index in [0.29, 0.717) is 12.3 Å². The number of ether oxygens (including phenoxy) is 1. The predicted octanol–water partition coefficient (Wildman–Crippen LogP) is 0.468. The Bertz CT molecular complexity index is 334. The van der Waals surface area contributed by atoms with Crippen molar-refractivity contribution in [3.8, 4) is 0 Å². The Labute approximate surface area is 119 Å². The summed E-state index contributed by atoms with van der Waals surface area (Å²) in [5.74, 6) is -0.0856. The highest BCUT2D eigenvalue weighted by atomic mass is 16.5. The highest BCUT2D eigenvalue weighted by Gasteiger charge is 2.26. The van der Waals surface area contributed by atoms with Crippen molar-refractivity contribution >= 4 is 11.9 Å². The van der Waals surface area contributed by atoms with E-state index >= 15 is 0 Å². The quantitative estimate of drug-likeness (QED) is 0.741. The molecule has 0 saturated carbocycles. The number of amides is 1. The van der Waals surface area contributed by atoms with E-state index in [1.54, 1.807) is 0 Å². The van der Waals surface area contributed by atoms with Crippen molar-refractivity contribution < 1.29 is 19.4 Å². The summed E-state index contributed by atoms with van der Waals surface area (Å²) in [7, 11) is 0. The maximum Gasteiger partial charge on any atom is 0.305 e. The molecule has 1 unspecified atom stereocenters. The van der Waals surface area contributed by atoms with Crippen LogP contribution in [0.25, 0.3) is 0 Å². The molecule has 2 saturated heterocycles. The van der Waals surface area contributed by atoms with E-state index in [9.17, 15) is 9.59 Å². The third-order valence-corrected chi connectivity index (χ3v) is 4.09. The van der Waals surface area contributed by atoms with Crippen LogP contribution in [0.1, 0.15) is 32.1 Å². The number of carbonyl (C=O) groups is 2. The van der Waals surface area contributed by atoms with Crippen LogP contribution < -0.4 is 5.32 Å². The Kier molecular flexibility index (Phi) is 5.79. The first-order chi connectivity index (χ1) is 9.65. The zero-order chi connectivity index (χ0) is 14.4. The number of nitrogens with zero attached hydrogens (tertiary/aromatic N) is 1. The SMILES string of the molecule is O=C(O)CCOC1CCN(C(=O)CC2CCNC2)CC1. The molecule has 20 heavy (non-hydrogen) atoms. The highest BCUT2D eigenvalue weighted by molar-refractivity contribution is 5.76. The van der Waals surface area contributed by atoms with E-state index in [2.05, 4.69) is 5.32 Å². The standard InChI is InChI=1S/C14H24N2O4/c17-13(9-11-1-5-15-10-11)16-6-2-12(3-7-16)20-8-4-14(18)19/h11-12,15H,1-10H2,(H,18,19). The summed E-state index contributed by atoms with van der Waals surface area (Å²) in [6.07, 6.45) is 3.53. The van der Waals surface area contributed by atoms with Gasteiger partial charge in [-0.05, 0) is 38.3 Å². The number of carboxylic acid groups (broad SMARTS) is 1. The summed E-state index contributed by atoms with van der Waals surface area (Å²) in [5, 5.41) is 11.8. The van der Waals surface area contributed by atoms with Crippen LogP contribution in [0.5, 0.6) is 0 Å². The number of rotatable bonds is 6. The van der Waals surface area contributed by atoms with Gasteiger partial charge in [-0.1, -0.05) is 0 Å². The van der Waals surface area contributed by atoms with E-state index in [-0.39, 0.29) is 25.0 Å². The van der Waals surface area contributed by atoms with Gasteiger partial charge in [0.05, 0.1) is 19.1 Å². The van der Waals surface area contributed by atoms with Crippen LogP contribution in [0.2, 0.25) is 0 Å². The van der Waals surface area contributed by atoms with Gasteiger partial charge in [0.15, 0.2) is 0 Å². The van der Waals surface area contributed by atoms with E-state index < -0.39 is 5.97 Å². The summed E-state index contributed by atoms with van der Waals surface area (Å²) >= 11 is 0. The summed E-state index contributed by atoms with van der Waals surface area (Å²) < 4.78 is 5.53. The first-order valence-electron chi connectivity index (χ1n) is 7.47. The number of carboxylic acids is 1. The Morgan fingerprint density at radius 1 is 1.25 bits per heavy atom. The summed E-state index contributed by atoms with van der Waals surface area (Å²) in [6.45, 7) is 3.72. The average molecular weight is 284 g/mol. The molecule has 2 N–H and O–H groups in total. The molecular formula is C14H24N2O4. The monoisotopic (exact) mass is 284 g/mol. The van der Waals surface area contributed by atoms with Crippen molar-refractivity contribution in [1.82, 2.24) is 10.2 Å². The largest absolute Gasteiger partial charge is 0.481 e. The van der Waals surface area contributed by atoms with Crippen molar-refractivity contribution in [2.75, 3.05) is 32.8 Å². The van der Waals surface area contributed by atoms with Crippen LogP contribution in [0.4, 0.5) is 0 Å². The van der Waals surface area contributed by atoms with Crippen molar-refractivity contribution in [2.24, 2.45) is 5.92 Å². The number of nitrogens with one attached hydrogen (secondary N) is 1. The molecule has 0 aliphatic carbocycles. The van der Waals surface area contributed by atoms with Crippen molar-refractivity contribution in [3.05, 3.63) is 0 Å². The van der Waals surface area contributed by atoms with Crippen molar-refractivity contribution in [1.29, 1.82) is 0 Å². The molecule has 0 aromatic carbocycles. The first kappa shape index (κ1) is 15.3. The lowest BCUT2D eigenvalue weighted by Gasteiger charge is -2.32. The zero-order valence-corrected chi connectivity index (χ0v) is 11.8. The van der Waals surface area contributed by atoms with Crippen LogP contribution >= 0.6 is 0 Å². The molecule has 6 heteroatoms. The Morgan fingerprint density at radius 3 is 2.60 bits per heavy atom. The molecule has 2 aliphatic rings. The van der Waals surface area contributed by atoms with Gasteiger partial charge in [0.2, 0.25) is 5.91 Å². The van der Waals surface area contributed by atoms with E-state index in [1.807, 2.05) is 4.90 Å². The molecule has 2 fully saturated rings. The molecule has 1 atom stereocenters. The highest BCUT2D eigenvalue weighted by Crippen LogP contribution is 2.18. The summed E-state index contributed by atoms with van der Waals surface area (Å²) in [6, 6.07) is 0. The molecule has 0 radical (unpaired) electrons. The van der Waals surface area contributed by atoms with Gasteiger partial charge in [-0.3, -0.25) is 9.59 Å². The van der Waals surface area contributed by atoms with Crippen LogP contribution in [-0.4, -0.2) is 60.8 Å². The minimum atomic E-state index is -0.831. The molecular weight excluding hydrogens is 260 g/mol. The fraction of sp³-hybridized carbons (Fsp3) is 0.857. The minimum Gasteiger partial charge on any atom is -0.481 e. The van der Waals surface area contributed by atoms with Gasteiger partial charge in [0, 0.05) is 19.5 Å². The molecule has 0 spiro atoms. The van der Waals surface area contributed by atoms with Gasteiger partial charge in [0.25, 0.3) is 0 Å². The van der Waals surface area contributed by atoms with Gasteiger partial charge in [-0.2, -0.15) is 0 Å². The first-order valence-corrected chi connectivity index (χ1v) is 7.47. The number of carbonyl (C=O) groups excluding carboxylic acids is 1. The summed E-state index contributed by atoms with van der Waals surface area (Å²) in [4.78, 5) is 24.5. The molecule has 2 rings (SSSR count). The lowest BCUT2D eigenvalue weighted by atomic mass is 10.0. The van der Waals surface area contributed by atoms with Crippen LogP contribution in [-0.2, 0) is 14.3 Å². The van der Waals surface area contributed by atoms with Crippen molar-refractivity contribution in [3.63, 3.8) is 0 Å². The van der Waals surface area contributed by atoms with E-state index in [0.717, 1.165) is 45.4 Å². The second kappa shape index (κ2) is 7.59. The fourth-order valence-corrected chi connectivity index (χ4v) is 2.85. The topological polar surface area (TPSA) is 78.9 Å². The summed E-state index contributed by atoms with van der Waals surface area (Å²) in [5.41, 5.74) is 0. The lowest BCUT2D eigenvalue weighted by molar-refractivity contribution is -0.139. The van der Waals surface area contributed by atoms with Gasteiger partial charge >= 0.3 is 5.97 Å². The number of piperidine rings is 1. The van der Waals surface area contributed by atoms with Crippen LogP contribution in [0.3, 0.4) is 0 Å². The Balaban J connectivity index is 1.62. The maximum atomic E-state index is 12.1. The Hall–Kier alpha value is -1.14. The van der Waals surface area contributed by atoms with E-state index in [4.69, 9.17) is 9.84 Å². The number of hydrogen-bond donors (Lipinski definition) is 2. The second-order valence-electron chi connectivity index (χ2n) is 5.66. The smallest absolute Gasteiger partial charge is 0.305 e. The Morgan fingerprint density at radius 2 is 2.00 bits per heavy atom. The van der Waals surface area contributed by atoms with Crippen LogP contribution in [0, 0.1) is 5.92 Å². The normalized spacial score (nSPS) is 24.0. The van der Waals surface area contributed by atoms with Gasteiger partial charge in [-0.15, -0.1) is 0 Å². The molecule has 0 aromatic rings. The van der Waals surface area contributed by atoms with Crippen LogP contribution in [0.15, 0.2) is 0 Å². The number of hydrogen-bond acceptors (Lipinski definition) is 4. The number of likely N-dealkylation sites (tertiary alicyclic amines) is 1. The maximum absolute atomic E-state index is 12.1. The molecule has 114 valence electrons. The lowest BCUT2D eigenvalue weighted by Crippen LogP contribution is -2.41. The third-order valence-electron chi connectivity index (χ3n) is 4.09. The van der Waals surface area contributed by atoms with Gasteiger partial charge in [-0.25, -0.2) is 0 Å². The molecule has 2 heterocycles. The second-order valence-corrected chi connectivity index (χ2v) is 5.66. The zero-order valence-electron chi connectivity index (χ0n) is 11.8. The van der Waals surface area contributed by atoms with Crippen molar-refractivity contribution in [2.45, 2.75) is 38.2 Å². The predicted molar refractivity (Wildman–Crippen MR) is 73.4 cm³/mol. The average Bonchev–Trinajstić information content (AvgIpc) is 2.92. The third kappa shape index (κ3) is 4.76. The molecule has 1 amide bonds. The van der Waals surface area contributed by atoms with Gasteiger partial charge < -0.3 is 20.1 Å². The van der Waals surface area contributed by atoms with E-state index in [1.165, 1.54) is 0 Å².